The molecule has 0 unspecified atom stereocenters. The maximum atomic E-state index is 8.77. The summed E-state index contributed by atoms with van der Waals surface area (Å²) in [5.41, 5.74) is 0. The Balaban J connectivity index is -0.0000000284. The number of phosphoric acid groups is 4. The van der Waals surface area contributed by atoms with Crippen molar-refractivity contribution in [1.29, 1.82) is 0 Å². The number of rotatable bonds is 0. The minimum absolute atomic E-state index is 0. The summed E-state index contributed by atoms with van der Waals surface area (Å²) in [6.07, 6.45) is 0. The predicted molar refractivity (Wildman–Crippen MR) is 55.4 cm³/mol. The van der Waals surface area contributed by atoms with Gasteiger partial charge in [-0.3, -0.25) is 18.3 Å². The number of hydrogen-bond acceptors (Lipinski definition) is 8. The molecule has 0 aliphatic carbocycles. The molecule has 23 heteroatoms. The zero-order valence-corrected chi connectivity index (χ0v) is 15.3. The van der Waals surface area contributed by atoms with Crippen LogP contribution in [0.1, 0.15) is 0 Å². The van der Waals surface area contributed by atoms with Gasteiger partial charge >= 0.3 is 21.7 Å². The minimum atomic E-state index is -4.89. The average Bonchev–Trinajstić information content (AvgIpc) is 1.62. The van der Waals surface area contributed by atoms with E-state index in [2.05, 4.69) is 0 Å². The maximum Gasteiger partial charge on any atom is 4.00 e. The molecule has 0 radical (unpaired) electrons. The number of hydrogen-bond donors (Lipinski definition) is 8. The van der Waals surface area contributed by atoms with Gasteiger partial charge in [-0.25, -0.2) is 0 Å². The van der Waals surface area contributed by atoms with E-state index in [4.69, 9.17) is 77.0 Å². The Morgan fingerprint density at radius 2 is 0.435 bits per heavy atom. The van der Waals surface area contributed by atoms with Crippen LogP contribution in [0.3, 0.4) is 0 Å². The van der Waals surface area contributed by atoms with Crippen LogP contribution in [0, 0.1) is 0 Å². The molecule has 0 aromatic heterocycles. The second-order valence-electron chi connectivity index (χ2n) is 1.96. The summed E-state index contributed by atoms with van der Waals surface area (Å²) in [5.74, 6) is 0. The molecule has 0 aromatic carbocycles. The van der Waals surface area contributed by atoms with Gasteiger partial charge in [0.1, 0.15) is 0 Å². The monoisotopic (exact) mass is 472 g/mol. The average molecular weight is 472 g/mol. The minimum Gasteiger partial charge on any atom is -0.756 e. The van der Waals surface area contributed by atoms with Crippen molar-refractivity contribution in [3.05, 3.63) is 0 Å². The van der Waals surface area contributed by atoms with Crippen LogP contribution in [0.4, 0.5) is 0 Å². The van der Waals surface area contributed by atoms with Crippen molar-refractivity contribution in [3.63, 3.8) is 0 Å². The van der Waals surface area contributed by atoms with E-state index in [-0.39, 0.29) is 32.7 Å². The van der Waals surface area contributed by atoms with Gasteiger partial charge in [-0.1, -0.05) is 0 Å². The van der Waals surface area contributed by atoms with Crippen LogP contribution in [0.15, 0.2) is 0 Å². The van der Waals surface area contributed by atoms with Crippen molar-refractivity contribution >= 4 is 31.3 Å². The molecule has 23 heavy (non-hydrogen) atoms. The van der Waals surface area contributed by atoms with Crippen molar-refractivity contribution in [2.24, 2.45) is 0 Å². The largest absolute Gasteiger partial charge is 4.00 e. The van der Waals surface area contributed by atoms with Crippen LogP contribution in [0.25, 0.3) is 0 Å². The second-order valence-corrected chi connectivity index (χ2v) is 5.89. The van der Waals surface area contributed by atoms with Crippen LogP contribution >= 0.6 is 31.3 Å². The summed E-state index contributed by atoms with van der Waals surface area (Å²) in [6.45, 7) is 0. The van der Waals surface area contributed by atoms with E-state index < -0.39 is 31.3 Å². The molecule has 0 spiro atoms. The van der Waals surface area contributed by atoms with E-state index in [1.807, 2.05) is 0 Å². The molecule has 0 rings (SSSR count). The van der Waals surface area contributed by atoms with Gasteiger partial charge in [0, 0.05) is 0 Å². The normalized spacial score (nSPS) is 10.3. The third-order valence-electron chi connectivity index (χ3n) is 0. The predicted octanol–water partition coefficient (Wildman–Crippen LogP) is -7.89. The van der Waals surface area contributed by atoms with Gasteiger partial charge in [-0.2, -0.15) is 0 Å². The standard InChI is InChI=1S/4H3O4P.2H2O.Ti/c4*1-5(2,3)4;;;/h4*(H3,1,2,3,4);2*1H2;/q;;;;;;+4/p-4. The van der Waals surface area contributed by atoms with Gasteiger partial charge in [0.2, 0.25) is 0 Å². The SMILES string of the molecule is O.O.O=P([O-])(O)O.O=P([O-])(O)O.O=P([O-])(O)O.O=P([O-])(O)O.[Ti+4]. The van der Waals surface area contributed by atoms with Gasteiger partial charge in [0.15, 0.2) is 0 Å². The van der Waals surface area contributed by atoms with Crippen molar-refractivity contribution in [2.45, 2.75) is 0 Å². The molecule has 0 amide bonds. The van der Waals surface area contributed by atoms with Crippen molar-refractivity contribution in [3.8, 4) is 0 Å². The Labute approximate surface area is 141 Å². The van der Waals surface area contributed by atoms with E-state index in [0.29, 0.717) is 0 Å². The molecule has 18 nitrogen and oxygen atoms in total. The summed E-state index contributed by atoms with van der Waals surface area (Å²) in [4.78, 5) is 91.7. The molecule has 0 aromatic rings. The van der Waals surface area contributed by atoms with Crippen LogP contribution in [0.5, 0.6) is 0 Å². The fourth-order valence-corrected chi connectivity index (χ4v) is 0. The third-order valence-corrected chi connectivity index (χ3v) is 0. The van der Waals surface area contributed by atoms with Crippen LogP contribution < -0.4 is 19.6 Å². The molecule has 12 N–H and O–H groups in total. The van der Waals surface area contributed by atoms with Gasteiger partial charge in [0.25, 0.3) is 31.3 Å². The molecule has 0 fully saturated rings. The fraction of sp³-hybridized carbons (Fsp3) is 0. The first kappa shape index (κ1) is 44.0. The summed E-state index contributed by atoms with van der Waals surface area (Å²) in [5, 5.41) is 0. The molecular formula is H12O18P4Ti. The first-order chi connectivity index (χ1) is 8.00. The van der Waals surface area contributed by atoms with E-state index in [9.17, 15) is 0 Å². The first-order valence-corrected chi connectivity index (χ1v) is 9.18. The Morgan fingerprint density at radius 1 is 0.435 bits per heavy atom. The Kier molecular flexibility index (Phi) is 34.2. The third kappa shape index (κ3) is 8880. The quantitative estimate of drug-likeness (QED) is 0.120. The maximum absolute atomic E-state index is 8.77. The Hall–Kier alpha value is 1.07. The van der Waals surface area contributed by atoms with E-state index in [0.717, 1.165) is 0 Å². The van der Waals surface area contributed by atoms with Gasteiger partial charge in [0.05, 0.1) is 0 Å². The molecule has 0 aliphatic heterocycles. The second kappa shape index (κ2) is 17.9. The molecular weight excluding hydrogens is 460 g/mol. The fourth-order valence-electron chi connectivity index (χ4n) is 0. The molecule has 144 valence electrons. The van der Waals surface area contributed by atoms with E-state index >= 15 is 0 Å². The molecule has 0 saturated carbocycles. The molecule has 0 saturated heterocycles. The van der Waals surface area contributed by atoms with E-state index in [1.54, 1.807) is 0 Å². The Bertz CT molecular complexity index is 286. The molecule has 0 bridgehead atoms. The van der Waals surface area contributed by atoms with Crippen LogP contribution in [-0.2, 0) is 40.0 Å². The zero-order valence-electron chi connectivity index (χ0n) is 10.1. The van der Waals surface area contributed by atoms with Crippen molar-refractivity contribution in [1.82, 2.24) is 0 Å². The van der Waals surface area contributed by atoms with E-state index in [1.165, 1.54) is 0 Å². The van der Waals surface area contributed by atoms with Gasteiger partial charge in [-0.15, -0.1) is 0 Å². The summed E-state index contributed by atoms with van der Waals surface area (Å²) < 4.78 is 35.1. The summed E-state index contributed by atoms with van der Waals surface area (Å²) in [7, 11) is -19.6. The molecule has 0 heterocycles. The zero-order chi connectivity index (χ0) is 18.0. The molecule has 0 atom stereocenters. The summed E-state index contributed by atoms with van der Waals surface area (Å²) in [6, 6.07) is 0. The first-order valence-electron chi connectivity index (χ1n) is 3.06. The smallest absolute Gasteiger partial charge is 0.756 e. The van der Waals surface area contributed by atoms with Crippen LogP contribution in [-0.4, -0.2) is 50.1 Å². The summed E-state index contributed by atoms with van der Waals surface area (Å²) >= 11 is 0. The topological polar surface area (TPSA) is 385 Å². The van der Waals surface area contributed by atoms with Crippen LogP contribution in [0.2, 0.25) is 0 Å². The van der Waals surface area contributed by atoms with Gasteiger partial charge < -0.3 is 69.7 Å². The Morgan fingerprint density at radius 3 is 0.435 bits per heavy atom. The van der Waals surface area contributed by atoms with Gasteiger partial charge in [-0.05, 0) is 0 Å². The molecule has 0 aliphatic rings. The van der Waals surface area contributed by atoms with Crippen molar-refractivity contribution in [2.75, 3.05) is 0 Å². The van der Waals surface area contributed by atoms with Crippen molar-refractivity contribution < 1.29 is 110 Å².